The van der Waals surface area contributed by atoms with Gasteiger partial charge in [0.05, 0.1) is 11.2 Å². The largest absolute Gasteiger partial charge is 0.369 e. The van der Waals surface area contributed by atoms with Gasteiger partial charge in [-0.3, -0.25) is 9.97 Å². The standard InChI is InChI=1S/C28H25N5/c1-19-17-23(10-14-29-19)22-5-3-21(4-6-22)9-13-31-28-25-7-8-26(33-27(25)12-16-32-28)24-11-15-30-20(2)18-24/h3-8,10-12,14-18H,9,13H2,1-2H3,(H,31,32). The molecule has 1 N–H and O–H groups in total. The van der Waals surface area contributed by atoms with E-state index in [1.807, 2.05) is 56.7 Å². The summed E-state index contributed by atoms with van der Waals surface area (Å²) in [6, 6.07) is 23.0. The lowest BCUT2D eigenvalue weighted by Gasteiger charge is -2.10. The highest BCUT2D eigenvalue weighted by Crippen LogP contribution is 2.25. The van der Waals surface area contributed by atoms with Crippen LogP contribution in [0.2, 0.25) is 0 Å². The molecule has 0 radical (unpaired) electrons. The average molecular weight is 432 g/mol. The van der Waals surface area contributed by atoms with Gasteiger partial charge in [0.15, 0.2) is 0 Å². The van der Waals surface area contributed by atoms with E-state index in [1.165, 1.54) is 16.7 Å². The van der Waals surface area contributed by atoms with Gasteiger partial charge in [-0.2, -0.15) is 0 Å². The normalized spacial score (nSPS) is 11.0. The maximum Gasteiger partial charge on any atom is 0.135 e. The number of hydrogen-bond donors (Lipinski definition) is 1. The minimum absolute atomic E-state index is 0.797. The second-order valence-electron chi connectivity index (χ2n) is 8.17. The first kappa shape index (κ1) is 20.8. The van der Waals surface area contributed by atoms with Crippen LogP contribution in [0.4, 0.5) is 5.82 Å². The van der Waals surface area contributed by atoms with Crippen LogP contribution in [0.5, 0.6) is 0 Å². The van der Waals surface area contributed by atoms with Crippen molar-refractivity contribution in [1.29, 1.82) is 0 Å². The van der Waals surface area contributed by atoms with Gasteiger partial charge in [0.2, 0.25) is 0 Å². The van der Waals surface area contributed by atoms with Gasteiger partial charge in [-0.05, 0) is 79.4 Å². The zero-order valence-electron chi connectivity index (χ0n) is 18.8. The van der Waals surface area contributed by atoms with E-state index in [1.54, 1.807) is 0 Å². The number of aryl methyl sites for hydroxylation is 2. The molecular weight excluding hydrogens is 406 g/mol. The van der Waals surface area contributed by atoms with E-state index in [-0.39, 0.29) is 0 Å². The van der Waals surface area contributed by atoms with Crippen molar-refractivity contribution < 1.29 is 0 Å². The molecule has 1 aromatic carbocycles. The molecule has 0 spiro atoms. The fourth-order valence-corrected chi connectivity index (χ4v) is 3.97. The van der Waals surface area contributed by atoms with E-state index in [9.17, 15) is 0 Å². The summed E-state index contributed by atoms with van der Waals surface area (Å²) in [4.78, 5) is 17.9. The van der Waals surface area contributed by atoms with Gasteiger partial charge in [-0.1, -0.05) is 24.3 Å². The van der Waals surface area contributed by atoms with Crippen LogP contribution in [-0.2, 0) is 6.42 Å². The molecule has 0 fully saturated rings. The summed E-state index contributed by atoms with van der Waals surface area (Å²) < 4.78 is 0. The third kappa shape index (κ3) is 4.72. The van der Waals surface area contributed by atoms with Crippen LogP contribution < -0.4 is 5.32 Å². The lowest BCUT2D eigenvalue weighted by atomic mass is 10.0. The fourth-order valence-electron chi connectivity index (χ4n) is 3.97. The molecule has 162 valence electrons. The Balaban J connectivity index is 1.28. The third-order valence-electron chi connectivity index (χ3n) is 5.70. The first-order chi connectivity index (χ1) is 16.2. The van der Waals surface area contributed by atoms with Gasteiger partial charge >= 0.3 is 0 Å². The van der Waals surface area contributed by atoms with E-state index >= 15 is 0 Å². The molecule has 0 atom stereocenters. The number of rotatable bonds is 6. The van der Waals surface area contributed by atoms with Crippen molar-refractivity contribution in [2.45, 2.75) is 20.3 Å². The van der Waals surface area contributed by atoms with Crippen LogP contribution in [0.15, 0.2) is 85.3 Å². The summed E-state index contributed by atoms with van der Waals surface area (Å²) in [5.74, 6) is 0.862. The molecule has 0 aliphatic rings. The van der Waals surface area contributed by atoms with Crippen LogP contribution in [-0.4, -0.2) is 26.5 Å². The maximum absolute atomic E-state index is 4.85. The zero-order chi connectivity index (χ0) is 22.6. The highest BCUT2D eigenvalue weighted by molar-refractivity contribution is 5.90. The van der Waals surface area contributed by atoms with Gasteiger partial charge in [0.1, 0.15) is 5.82 Å². The SMILES string of the molecule is Cc1cc(-c2ccc(CCNc3nccc4nc(-c5ccnc(C)c5)ccc34)cc2)ccn1. The lowest BCUT2D eigenvalue weighted by molar-refractivity contribution is 1.01. The van der Waals surface area contributed by atoms with Crippen molar-refractivity contribution in [3.8, 4) is 22.4 Å². The lowest BCUT2D eigenvalue weighted by Crippen LogP contribution is -2.07. The van der Waals surface area contributed by atoms with E-state index in [0.29, 0.717) is 0 Å². The Morgan fingerprint density at radius 3 is 2.12 bits per heavy atom. The predicted molar refractivity (Wildman–Crippen MR) is 134 cm³/mol. The Kier molecular flexibility index (Phi) is 5.77. The van der Waals surface area contributed by atoms with Crippen molar-refractivity contribution in [1.82, 2.24) is 19.9 Å². The number of benzene rings is 1. The minimum atomic E-state index is 0.797. The second-order valence-corrected chi connectivity index (χ2v) is 8.17. The molecule has 0 aliphatic heterocycles. The van der Waals surface area contributed by atoms with Gasteiger partial charge in [0, 0.05) is 47.5 Å². The highest BCUT2D eigenvalue weighted by Gasteiger charge is 2.07. The first-order valence-corrected chi connectivity index (χ1v) is 11.1. The third-order valence-corrected chi connectivity index (χ3v) is 5.70. The summed E-state index contributed by atoms with van der Waals surface area (Å²) in [5.41, 5.74) is 8.63. The molecular formula is C28H25N5. The van der Waals surface area contributed by atoms with Crippen molar-refractivity contribution in [3.63, 3.8) is 0 Å². The molecule has 5 aromatic rings. The quantitative estimate of drug-likeness (QED) is 0.356. The monoisotopic (exact) mass is 431 g/mol. The van der Waals surface area contributed by atoms with E-state index in [0.717, 1.165) is 52.3 Å². The number of hydrogen-bond acceptors (Lipinski definition) is 5. The van der Waals surface area contributed by atoms with Gasteiger partial charge < -0.3 is 5.32 Å². The summed E-state index contributed by atoms with van der Waals surface area (Å²) >= 11 is 0. The molecule has 0 saturated heterocycles. The zero-order valence-corrected chi connectivity index (χ0v) is 18.8. The summed E-state index contributed by atoms with van der Waals surface area (Å²) in [5, 5.41) is 4.51. The maximum atomic E-state index is 4.85. The van der Waals surface area contributed by atoms with Crippen LogP contribution in [0, 0.1) is 13.8 Å². The molecule has 0 bridgehead atoms. The number of nitrogens with zero attached hydrogens (tertiary/aromatic N) is 4. The molecule has 0 amide bonds. The Morgan fingerprint density at radius 1 is 0.667 bits per heavy atom. The molecule has 0 saturated carbocycles. The van der Waals surface area contributed by atoms with E-state index in [4.69, 9.17) is 4.98 Å². The fraction of sp³-hybridized carbons (Fsp3) is 0.143. The van der Waals surface area contributed by atoms with Gasteiger partial charge in [-0.15, -0.1) is 0 Å². The van der Waals surface area contributed by atoms with Crippen molar-refractivity contribution in [2.24, 2.45) is 0 Å². The summed E-state index contributed by atoms with van der Waals surface area (Å²) in [6.07, 6.45) is 6.40. The molecule has 0 aliphatic carbocycles. The van der Waals surface area contributed by atoms with Crippen LogP contribution >= 0.6 is 0 Å². The molecule has 33 heavy (non-hydrogen) atoms. The summed E-state index contributed by atoms with van der Waals surface area (Å²) in [7, 11) is 0. The number of nitrogens with one attached hydrogen (secondary N) is 1. The molecule has 4 heterocycles. The van der Waals surface area contributed by atoms with Crippen molar-refractivity contribution in [3.05, 3.63) is 102 Å². The van der Waals surface area contributed by atoms with Gasteiger partial charge in [-0.25, -0.2) is 9.97 Å². The average Bonchev–Trinajstić information content (AvgIpc) is 2.84. The number of pyridine rings is 4. The smallest absolute Gasteiger partial charge is 0.135 e. The Morgan fingerprint density at radius 2 is 1.36 bits per heavy atom. The van der Waals surface area contributed by atoms with Crippen molar-refractivity contribution >= 4 is 16.7 Å². The first-order valence-electron chi connectivity index (χ1n) is 11.1. The van der Waals surface area contributed by atoms with Gasteiger partial charge in [0.25, 0.3) is 0 Å². The minimum Gasteiger partial charge on any atom is -0.369 e. The molecule has 4 aromatic heterocycles. The Hall–Kier alpha value is -4.12. The molecule has 5 heteroatoms. The van der Waals surface area contributed by atoms with Crippen LogP contribution in [0.25, 0.3) is 33.3 Å². The van der Waals surface area contributed by atoms with E-state index in [2.05, 4.69) is 62.7 Å². The Labute approximate surface area is 193 Å². The second kappa shape index (κ2) is 9.17. The number of fused-ring (bicyclic) bond motifs is 1. The molecule has 5 rings (SSSR count). The highest BCUT2D eigenvalue weighted by atomic mass is 15.0. The van der Waals surface area contributed by atoms with Crippen molar-refractivity contribution in [2.75, 3.05) is 11.9 Å². The summed E-state index contributed by atoms with van der Waals surface area (Å²) in [6.45, 7) is 4.80. The molecule has 0 unspecified atom stereocenters. The van der Waals surface area contributed by atoms with Crippen LogP contribution in [0.1, 0.15) is 17.0 Å². The Bertz CT molecular complexity index is 1410. The van der Waals surface area contributed by atoms with Crippen LogP contribution in [0.3, 0.4) is 0 Å². The number of aromatic nitrogens is 4. The predicted octanol–water partition coefficient (Wildman–Crippen LogP) is 6.03. The topological polar surface area (TPSA) is 63.6 Å². The molecule has 5 nitrogen and oxygen atoms in total. The van der Waals surface area contributed by atoms with E-state index < -0.39 is 0 Å². The number of anilines is 1.